The van der Waals surface area contributed by atoms with E-state index in [1.807, 2.05) is 54.9 Å². The molecule has 0 spiro atoms. The summed E-state index contributed by atoms with van der Waals surface area (Å²) in [7, 11) is 0. The first-order chi connectivity index (χ1) is 22.6. The molecule has 3 aromatic heterocycles. The largest absolute Gasteiger partial charge is 0.501 e. The Labute approximate surface area is 299 Å². The summed E-state index contributed by atoms with van der Waals surface area (Å²) < 4.78 is 20.6. The van der Waals surface area contributed by atoms with Gasteiger partial charge in [0.05, 0.1) is 5.58 Å². The molecule has 0 amide bonds. The predicted molar refractivity (Wildman–Crippen MR) is 196 cm³/mol. The number of halogens is 1. The van der Waals surface area contributed by atoms with Crippen LogP contribution >= 0.6 is 0 Å². The van der Waals surface area contributed by atoms with Gasteiger partial charge < -0.3 is 9.40 Å². The maximum Gasteiger partial charge on any atom is 0.120 e. The Bertz CT molecular complexity index is 2150. The summed E-state index contributed by atoms with van der Waals surface area (Å²) in [6.07, 6.45) is 5.05. The van der Waals surface area contributed by atoms with E-state index in [9.17, 15) is 4.39 Å². The van der Waals surface area contributed by atoms with E-state index in [4.69, 9.17) is 9.40 Å². The fourth-order valence-corrected chi connectivity index (χ4v) is 9.32. The van der Waals surface area contributed by atoms with Crippen LogP contribution in [0.3, 0.4) is 0 Å². The van der Waals surface area contributed by atoms with Gasteiger partial charge in [-0.15, -0.1) is 18.2 Å². The zero-order valence-corrected chi connectivity index (χ0v) is 32.7. The van der Waals surface area contributed by atoms with Gasteiger partial charge in [-0.25, -0.2) is 0 Å². The molecule has 48 heavy (non-hydrogen) atoms. The summed E-state index contributed by atoms with van der Waals surface area (Å²) >= 11 is -1.93. The summed E-state index contributed by atoms with van der Waals surface area (Å²) in [5, 5.41) is 2.22. The number of furan rings is 1. The van der Waals surface area contributed by atoms with E-state index >= 15 is 0 Å². The molecule has 0 atom stereocenters. The van der Waals surface area contributed by atoms with Crippen molar-refractivity contribution in [3.63, 3.8) is 0 Å². The van der Waals surface area contributed by atoms with Crippen LogP contribution in [0.2, 0.25) is 17.3 Å². The monoisotopic (exact) mass is 873 g/mol. The smallest absolute Gasteiger partial charge is 0.120 e. The van der Waals surface area contributed by atoms with Gasteiger partial charge in [0.15, 0.2) is 0 Å². The van der Waals surface area contributed by atoms with Crippen LogP contribution in [0.1, 0.15) is 25.0 Å². The minimum Gasteiger partial charge on any atom is -0.501 e. The summed E-state index contributed by atoms with van der Waals surface area (Å²) in [5.41, 5.74) is 10.2. The predicted octanol–water partition coefficient (Wildman–Crippen LogP) is 10.9. The van der Waals surface area contributed by atoms with E-state index in [0.29, 0.717) is 5.92 Å². The number of benzene rings is 4. The molecule has 0 fully saturated rings. The first-order valence-corrected chi connectivity index (χ1v) is 23.4. The molecule has 7 aromatic rings. The molecule has 7 rings (SSSR count). The van der Waals surface area contributed by atoms with Gasteiger partial charge in [0, 0.05) is 37.3 Å². The normalized spacial score (nSPS) is 11.3. The van der Waals surface area contributed by atoms with Crippen molar-refractivity contribution >= 4 is 39.6 Å². The van der Waals surface area contributed by atoms with Gasteiger partial charge in [0.25, 0.3) is 0 Å². The van der Waals surface area contributed by atoms with Crippen LogP contribution in [0.15, 0.2) is 114 Å². The van der Waals surface area contributed by atoms with Crippen molar-refractivity contribution in [3.05, 3.63) is 139 Å². The quantitative estimate of drug-likeness (QED) is 0.123. The molecule has 6 heteroatoms. The molecular weight excluding hydrogens is 832 g/mol. The van der Waals surface area contributed by atoms with Crippen molar-refractivity contribution in [2.24, 2.45) is 5.92 Å². The third-order valence-corrected chi connectivity index (χ3v) is 12.6. The number of fused-ring (bicyclic) bond motifs is 3. The Morgan fingerprint density at radius 2 is 1.54 bits per heavy atom. The molecule has 0 aliphatic rings. The molecule has 3 nitrogen and oxygen atoms in total. The summed E-state index contributed by atoms with van der Waals surface area (Å²) in [5.74, 6) is 7.53. The zero-order chi connectivity index (χ0) is 33.1. The van der Waals surface area contributed by atoms with Gasteiger partial charge in [-0.3, -0.25) is 0 Å². The van der Waals surface area contributed by atoms with E-state index in [0.717, 1.165) is 56.4 Å². The minimum atomic E-state index is -1.93. The average molecular weight is 872 g/mol. The third-order valence-electron chi connectivity index (χ3n) is 8.27. The minimum absolute atomic E-state index is 0. The first-order valence-electron chi connectivity index (χ1n) is 16.1. The van der Waals surface area contributed by atoms with E-state index in [-0.39, 0.29) is 25.9 Å². The zero-order valence-electron chi connectivity index (χ0n) is 28.2. The van der Waals surface area contributed by atoms with Gasteiger partial charge in [0.2, 0.25) is 0 Å². The summed E-state index contributed by atoms with van der Waals surface area (Å²) in [6.45, 7) is 6.60. The molecule has 0 bridgehead atoms. The second kappa shape index (κ2) is 15.1. The van der Waals surface area contributed by atoms with Crippen molar-refractivity contribution in [2.75, 3.05) is 0 Å². The molecule has 0 N–H and O–H groups in total. The van der Waals surface area contributed by atoms with Gasteiger partial charge >= 0.3 is 130 Å². The molecule has 1 radical (unpaired) electrons. The molecule has 0 saturated heterocycles. The number of aryl methyl sites for hydroxylation is 1. The summed E-state index contributed by atoms with van der Waals surface area (Å²) in [4.78, 5) is 9.32. The second-order valence-electron chi connectivity index (χ2n) is 13.4. The Hall–Kier alpha value is -3.90. The van der Waals surface area contributed by atoms with E-state index < -0.39 is 13.3 Å². The SMILES string of the molecule is CC(C)Cc1cc(-c2[c-]cc(F)cc2)nc[c]1[Ge]([CH3])([CH3])[CH3].Cc1cc(-c2[c-]ccc3c2oc2ccccc23)ncc1-c1ccccc1.[Ir]. The number of pyridine rings is 2. The van der Waals surface area contributed by atoms with E-state index in [1.165, 1.54) is 33.2 Å². The van der Waals surface area contributed by atoms with Crippen molar-refractivity contribution in [1.29, 1.82) is 0 Å². The van der Waals surface area contributed by atoms with Crippen LogP contribution in [-0.4, -0.2) is 23.2 Å². The Kier molecular flexibility index (Phi) is 11.1. The molecular formula is C42H39FGeIrN2O-2. The van der Waals surface area contributed by atoms with Crippen molar-refractivity contribution in [3.8, 4) is 33.6 Å². The van der Waals surface area contributed by atoms with Crippen LogP contribution in [0.4, 0.5) is 4.39 Å². The molecule has 0 unspecified atom stereocenters. The van der Waals surface area contributed by atoms with Gasteiger partial charge in [-0.1, -0.05) is 65.5 Å². The standard InChI is InChI=1S/C24H16NO.C18H23FGeN.Ir/c1-16-14-22(25-15-21(16)17-8-3-2-4-9-17)20-12-7-11-19-18-10-5-6-13-23(18)26-24(19)20;1-13(2)10-15-11-18(14-6-8-16(19)9-7-14)21-12-17(15)20(3,4)5;/h2-11,13-15H,1H3;6,8-9,11-13H,10H2,1-5H3;/q2*-1;. The summed E-state index contributed by atoms with van der Waals surface area (Å²) in [6, 6.07) is 37.6. The van der Waals surface area contributed by atoms with Crippen LogP contribution in [0.25, 0.3) is 55.6 Å². The Balaban J connectivity index is 0.000000189. The number of nitrogens with zero attached hydrogens (tertiary/aromatic N) is 2. The second-order valence-corrected chi connectivity index (χ2v) is 24.0. The van der Waals surface area contributed by atoms with E-state index in [2.05, 4.69) is 91.6 Å². The van der Waals surface area contributed by atoms with Gasteiger partial charge in [-0.2, -0.15) is 0 Å². The Morgan fingerprint density at radius 3 is 2.23 bits per heavy atom. The number of para-hydroxylation sites is 1. The molecule has 0 aliphatic carbocycles. The molecule has 245 valence electrons. The van der Waals surface area contributed by atoms with E-state index in [1.54, 1.807) is 6.07 Å². The number of hydrogen-bond donors (Lipinski definition) is 0. The average Bonchev–Trinajstić information content (AvgIpc) is 3.44. The topological polar surface area (TPSA) is 38.9 Å². The number of rotatable bonds is 6. The van der Waals surface area contributed by atoms with Crippen LogP contribution in [0, 0.1) is 30.8 Å². The molecule has 0 saturated carbocycles. The first kappa shape index (κ1) is 35.4. The van der Waals surface area contributed by atoms with Gasteiger partial charge in [0.1, 0.15) is 5.58 Å². The number of hydrogen-bond acceptors (Lipinski definition) is 3. The van der Waals surface area contributed by atoms with Gasteiger partial charge in [-0.05, 0) is 29.8 Å². The van der Waals surface area contributed by atoms with Crippen molar-refractivity contribution in [1.82, 2.24) is 9.97 Å². The fourth-order valence-electron chi connectivity index (χ4n) is 5.99. The van der Waals surface area contributed by atoms with Crippen LogP contribution < -0.4 is 4.40 Å². The number of aromatic nitrogens is 2. The Morgan fingerprint density at radius 1 is 0.812 bits per heavy atom. The third kappa shape index (κ3) is 7.86. The van der Waals surface area contributed by atoms with Crippen molar-refractivity contribution in [2.45, 2.75) is 44.5 Å². The fraction of sp³-hybridized carbons (Fsp3) is 0.190. The molecule has 3 heterocycles. The van der Waals surface area contributed by atoms with Crippen LogP contribution in [-0.2, 0) is 26.5 Å². The maximum absolute atomic E-state index is 13.0. The van der Waals surface area contributed by atoms with Crippen molar-refractivity contribution < 1.29 is 28.9 Å². The molecule has 0 aliphatic heterocycles. The molecule has 4 aromatic carbocycles. The maximum atomic E-state index is 13.0. The van der Waals surface area contributed by atoms with Crippen LogP contribution in [0.5, 0.6) is 0 Å².